The van der Waals surface area contributed by atoms with Crippen LogP contribution in [0.25, 0.3) is 10.6 Å². The van der Waals surface area contributed by atoms with Crippen molar-refractivity contribution in [2.75, 3.05) is 13.2 Å². The lowest BCUT2D eigenvalue weighted by Crippen LogP contribution is -2.22. The minimum atomic E-state index is -0.0925. The molecule has 0 spiro atoms. The van der Waals surface area contributed by atoms with E-state index in [4.69, 9.17) is 9.47 Å². The molecule has 28 heavy (non-hydrogen) atoms. The Morgan fingerprint density at radius 1 is 1.29 bits per heavy atom. The zero-order chi connectivity index (χ0) is 19.3. The number of nitrogens with one attached hydrogen (secondary N) is 1. The van der Waals surface area contributed by atoms with Gasteiger partial charge in [0.2, 0.25) is 0 Å². The number of thiazole rings is 1. The summed E-state index contributed by atoms with van der Waals surface area (Å²) in [6.45, 7) is 3.89. The summed E-state index contributed by atoms with van der Waals surface area (Å²) in [7, 11) is 0. The molecule has 0 aliphatic carbocycles. The van der Waals surface area contributed by atoms with Crippen LogP contribution in [0.2, 0.25) is 0 Å². The maximum absolute atomic E-state index is 12.4. The Morgan fingerprint density at radius 2 is 2.14 bits per heavy atom. The van der Waals surface area contributed by atoms with Gasteiger partial charge in [-0.25, -0.2) is 4.98 Å². The lowest BCUT2D eigenvalue weighted by Gasteiger charge is -2.11. The molecule has 1 atom stereocenters. The van der Waals surface area contributed by atoms with Crippen molar-refractivity contribution in [1.29, 1.82) is 0 Å². The fraction of sp³-hybridized carbons (Fsp3) is 0.333. The molecule has 0 unspecified atom stereocenters. The lowest BCUT2D eigenvalue weighted by molar-refractivity contribution is 0.0679. The first kappa shape index (κ1) is 19.1. The molecule has 3 heterocycles. The number of hydrogen-bond donors (Lipinski definition) is 1. The number of nitrogens with zero attached hydrogens (tertiary/aromatic N) is 1. The van der Waals surface area contributed by atoms with E-state index in [1.165, 1.54) is 0 Å². The van der Waals surface area contributed by atoms with Gasteiger partial charge in [0.1, 0.15) is 12.4 Å². The number of amides is 1. The molecule has 2 aromatic heterocycles. The Bertz CT molecular complexity index is 927. The van der Waals surface area contributed by atoms with Crippen molar-refractivity contribution in [1.82, 2.24) is 10.3 Å². The van der Waals surface area contributed by atoms with Gasteiger partial charge in [-0.05, 0) is 56.2 Å². The Hall–Kier alpha value is -2.22. The van der Waals surface area contributed by atoms with Gasteiger partial charge in [0, 0.05) is 22.4 Å². The van der Waals surface area contributed by atoms with Gasteiger partial charge in [-0.2, -0.15) is 0 Å². The third kappa shape index (κ3) is 4.79. The van der Waals surface area contributed by atoms with E-state index in [-0.39, 0.29) is 12.0 Å². The van der Waals surface area contributed by atoms with Crippen LogP contribution in [0.3, 0.4) is 0 Å². The first-order chi connectivity index (χ1) is 13.7. The molecule has 0 radical (unpaired) electrons. The van der Waals surface area contributed by atoms with E-state index < -0.39 is 0 Å². The molecular weight excluding hydrogens is 392 g/mol. The Kier molecular flexibility index (Phi) is 6.04. The smallest absolute Gasteiger partial charge is 0.251 e. The highest BCUT2D eigenvalue weighted by atomic mass is 32.1. The summed E-state index contributed by atoms with van der Waals surface area (Å²) < 4.78 is 11.3. The highest BCUT2D eigenvalue weighted by Gasteiger charge is 2.16. The molecule has 7 heteroatoms. The van der Waals surface area contributed by atoms with Crippen LogP contribution >= 0.6 is 22.7 Å². The zero-order valence-electron chi connectivity index (χ0n) is 15.6. The van der Waals surface area contributed by atoms with E-state index in [0.29, 0.717) is 18.7 Å². The molecule has 1 aromatic carbocycles. The second-order valence-electron chi connectivity index (χ2n) is 6.67. The number of carbonyl (C=O) groups excluding carboxylic acids is 1. The number of hydrogen-bond acceptors (Lipinski definition) is 6. The highest BCUT2D eigenvalue weighted by Crippen LogP contribution is 2.29. The van der Waals surface area contributed by atoms with Gasteiger partial charge in [0.25, 0.3) is 5.91 Å². The number of aromatic nitrogens is 1. The monoisotopic (exact) mass is 414 g/mol. The van der Waals surface area contributed by atoms with Crippen LogP contribution in [0.15, 0.2) is 41.8 Å². The lowest BCUT2D eigenvalue weighted by atomic mass is 10.2. The zero-order valence-corrected chi connectivity index (χ0v) is 17.3. The van der Waals surface area contributed by atoms with Crippen molar-refractivity contribution in [3.8, 4) is 16.3 Å². The summed E-state index contributed by atoms with van der Waals surface area (Å²) in [6.07, 6.45) is 2.34. The molecule has 1 fully saturated rings. The number of thiophene rings is 1. The minimum Gasteiger partial charge on any atom is -0.491 e. The van der Waals surface area contributed by atoms with Crippen LogP contribution in [-0.2, 0) is 11.3 Å². The molecule has 1 saturated heterocycles. The van der Waals surface area contributed by atoms with Crippen molar-refractivity contribution in [2.45, 2.75) is 32.4 Å². The van der Waals surface area contributed by atoms with Crippen LogP contribution < -0.4 is 10.1 Å². The fourth-order valence-electron chi connectivity index (χ4n) is 3.02. The number of carbonyl (C=O) groups is 1. The van der Waals surface area contributed by atoms with Crippen LogP contribution in [0.1, 0.15) is 33.1 Å². The van der Waals surface area contributed by atoms with Gasteiger partial charge in [0.05, 0.1) is 28.2 Å². The second kappa shape index (κ2) is 8.86. The molecule has 1 aliphatic heterocycles. The van der Waals surface area contributed by atoms with E-state index in [0.717, 1.165) is 45.7 Å². The predicted octanol–water partition coefficient (Wildman–Crippen LogP) is 4.67. The molecule has 1 aliphatic rings. The maximum atomic E-state index is 12.4. The van der Waals surface area contributed by atoms with E-state index in [1.54, 1.807) is 34.8 Å². The van der Waals surface area contributed by atoms with E-state index in [9.17, 15) is 4.79 Å². The van der Waals surface area contributed by atoms with Crippen molar-refractivity contribution in [2.24, 2.45) is 0 Å². The molecule has 4 rings (SSSR count). The van der Waals surface area contributed by atoms with Crippen molar-refractivity contribution in [3.05, 3.63) is 57.2 Å². The molecule has 0 bridgehead atoms. The average Bonchev–Trinajstić information content (AvgIpc) is 3.46. The molecule has 5 nitrogen and oxygen atoms in total. The van der Waals surface area contributed by atoms with E-state index in [2.05, 4.69) is 21.7 Å². The first-order valence-electron chi connectivity index (χ1n) is 9.31. The van der Waals surface area contributed by atoms with E-state index >= 15 is 0 Å². The number of aryl methyl sites for hydroxylation is 1. The fourth-order valence-corrected chi connectivity index (χ4v) is 4.62. The summed E-state index contributed by atoms with van der Waals surface area (Å²) >= 11 is 3.30. The molecule has 146 valence electrons. The standard InChI is InChI=1S/C21H22N2O3S2/c1-14-23-19(13-27-14)20-9-8-18(28-20)11-22-21(24)15-4-6-16(7-5-15)26-12-17-3-2-10-25-17/h4-9,13,17H,2-3,10-12H2,1H3,(H,22,24)/t17-/m0/s1. The van der Waals surface area contributed by atoms with E-state index in [1.807, 2.05) is 25.1 Å². The third-order valence-corrected chi connectivity index (χ3v) is 6.41. The van der Waals surface area contributed by atoms with Gasteiger partial charge in [-0.1, -0.05) is 0 Å². The summed E-state index contributed by atoms with van der Waals surface area (Å²) in [6, 6.07) is 11.3. The van der Waals surface area contributed by atoms with Gasteiger partial charge < -0.3 is 14.8 Å². The van der Waals surface area contributed by atoms with Crippen LogP contribution in [0.4, 0.5) is 0 Å². The first-order valence-corrected chi connectivity index (χ1v) is 11.0. The normalized spacial score (nSPS) is 16.2. The number of rotatable bonds is 7. The van der Waals surface area contributed by atoms with Crippen molar-refractivity contribution >= 4 is 28.6 Å². The largest absolute Gasteiger partial charge is 0.491 e. The van der Waals surface area contributed by atoms with Crippen molar-refractivity contribution < 1.29 is 14.3 Å². The number of benzene rings is 1. The quantitative estimate of drug-likeness (QED) is 0.610. The maximum Gasteiger partial charge on any atom is 0.251 e. The third-order valence-electron chi connectivity index (χ3n) is 4.53. The van der Waals surface area contributed by atoms with Gasteiger partial charge in [-0.15, -0.1) is 22.7 Å². The predicted molar refractivity (Wildman–Crippen MR) is 112 cm³/mol. The minimum absolute atomic E-state index is 0.0925. The highest BCUT2D eigenvalue weighted by molar-refractivity contribution is 7.16. The molecule has 1 amide bonds. The Balaban J connectivity index is 1.28. The summed E-state index contributed by atoms with van der Waals surface area (Å²) in [5.74, 6) is 0.665. The number of ether oxygens (including phenoxy) is 2. The summed E-state index contributed by atoms with van der Waals surface area (Å²) in [4.78, 5) is 19.1. The molecular formula is C21H22N2O3S2. The van der Waals surface area contributed by atoms with Gasteiger partial charge in [0.15, 0.2) is 0 Å². The second-order valence-corrected chi connectivity index (χ2v) is 8.90. The van der Waals surface area contributed by atoms with Crippen LogP contribution in [0.5, 0.6) is 5.75 Å². The SMILES string of the molecule is Cc1nc(-c2ccc(CNC(=O)c3ccc(OC[C@@H]4CCCO4)cc3)s2)cs1. The summed E-state index contributed by atoms with van der Waals surface area (Å²) in [5.41, 5.74) is 1.63. The van der Waals surface area contributed by atoms with Crippen LogP contribution in [-0.4, -0.2) is 30.2 Å². The Labute approximate surface area is 172 Å². The van der Waals surface area contributed by atoms with Crippen LogP contribution in [0, 0.1) is 6.92 Å². The van der Waals surface area contributed by atoms with Gasteiger partial charge in [-0.3, -0.25) is 4.79 Å². The topological polar surface area (TPSA) is 60.5 Å². The van der Waals surface area contributed by atoms with Gasteiger partial charge >= 0.3 is 0 Å². The Morgan fingerprint density at radius 3 is 2.86 bits per heavy atom. The van der Waals surface area contributed by atoms with Crippen molar-refractivity contribution in [3.63, 3.8) is 0 Å². The molecule has 3 aromatic rings. The molecule has 1 N–H and O–H groups in total. The summed E-state index contributed by atoms with van der Waals surface area (Å²) in [5, 5.41) is 6.09. The molecule has 0 saturated carbocycles. The average molecular weight is 415 g/mol.